The molecule has 1 fully saturated rings. The summed E-state index contributed by atoms with van der Waals surface area (Å²) < 4.78 is 5.45. The molecule has 1 aromatic rings. The average molecular weight is 265 g/mol. The van der Waals surface area contributed by atoms with Gasteiger partial charge in [-0.1, -0.05) is 6.92 Å². The zero-order valence-electron chi connectivity index (χ0n) is 11.7. The molecular formula is C13H19N3O3. The number of nitrogens with zero attached hydrogens (tertiary/aromatic N) is 2. The van der Waals surface area contributed by atoms with Crippen molar-refractivity contribution in [1.29, 1.82) is 0 Å². The molecule has 2 atom stereocenters. The Morgan fingerprint density at radius 2 is 2.26 bits per heavy atom. The van der Waals surface area contributed by atoms with Crippen molar-refractivity contribution >= 4 is 11.8 Å². The Morgan fingerprint density at radius 1 is 1.58 bits per heavy atom. The van der Waals surface area contributed by atoms with Crippen molar-refractivity contribution < 1.29 is 14.0 Å². The maximum atomic E-state index is 12.5. The van der Waals surface area contributed by atoms with Crippen LogP contribution in [0.1, 0.15) is 44.9 Å². The monoisotopic (exact) mass is 265 g/mol. The van der Waals surface area contributed by atoms with Crippen LogP contribution in [0.4, 0.5) is 0 Å². The van der Waals surface area contributed by atoms with Crippen molar-refractivity contribution in [3.63, 3.8) is 0 Å². The van der Waals surface area contributed by atoms with Gasteiger partial charge in [0.15, 0.2) is 0 Å². The Morgan fingerprint density at radius 3 is 2.79 bits per heavy atom. The maximum absolute atomic E-state index is 12.5. The molecule has 6 heteroatoms. The van der Waals surface area contributed by atoms with E-state index in [2.05, 4.69) is 10.3 Å². The fraction of sp³-hybridized carbons (Fsp3) is 0.615. The van der Waals surface area contributed by atoms with Crippen LogP contribution in [0.2, 0.25) is 0 Å². The molecule has 6 nitrogen and oxygen atoms in total. The molecule has 1 saturated heterocycles. The number of carbonyl (C=O) groups is 2. The second-order valence-electron chi connectivity index (χ2n) is 5.15. The Hall–Kier alpha value is -1.85. The molecule has 19 heavy (non-hydrogen) atoms. The lowest BCUT2D eigenvalue weighted by atomic mass is 9.93. The van der Waals surface area contributed by atoms with E-state index in [0.29, 0.717) is 18.1 Å². The van der Waals surface area contributed by atoms with E-state index in [4.69, 9.17) is 4.42 Å². The molecule has 0 bridgehead atoms. The quantitative estimate of drug-likeness (QED) is 0.890. The number of aryl methyl sites for hydroxylation is 1. The molecule has 0 spiro atoms. The Bertz CT molecular complexity index is 511. The van der Waals surface area contributed by atoms with E-state index in [0.717, 1.165) is 0 Å². The van der Waals surface area contributed by atoms with Gasteiger partial charge in [-0.3, -0.25) is 9.59 Å². The van der Waals surface area contributed by atoms with Gasteiger partial charge in [-0.25, -0.2) is 4.98 Å². The van der Waals surface area contributed by atoms with Crippen LogP contribution in [0.25, 0.3) is 0 Å². The van der Waals surface area contributed by atoms with Gasteiger partial charge in [0.05, 0.1) is 6.20 Å². The molecule has 0 aliphatic carbocycles. The van der Waals surface area contributed by atoms with E-state index in [1.54, 1.807) is 20.0 Å². The van der Waals surface area contributed by atoms with Crippen LogP contribution < -0.4 is 5.32 Å². The van der Waals surface area contributed by atoms with Crippen molar-refractivity contribution in [2.75, 3.05) is 6.54 Å². The number of rotatable bonds is 3. The van der Waals surface area contributed by atoms with Gasteiger partial charge in [-0.2, -0.15) is 0 Å². The van der Waals surface area contributed by atoms with E-state index >= 15 is 0 Å². The number of nitrogens with one attached hydrogen (secondary N) is 1. The molecule has 1 aromatic heterocycles. The van der Waals surface area contributed by atoms with E-state index in [9.17, 15) is 9.59 Å². The molecule has 2 rings (SSSR count). The molecule has 0 radical (unpaired) electrons. The van der Waals surface area contributed by atoms with Crippen LogP contribution in [0.5, 0.6) is 0 Å². The Labute approximate surface area is 112 Å². The molecule has 2 amide bonds. The summed E-state index contributed by atoms with van der Waals surface area (Å²) in [4.78, 5) is 29.9. The maximum Gasteiger partial charge on any atom is 0.249 e. The van der Waals surface area contributed by atoms with E-state index in [1.807, 2.05) is 13.8 Å². The van der Waals surface area contributed by atoms with Gasteiger partial charge in [0.1, 0.15) is 23.9 Å². The summed E-state index contributed by atoms with van der Waals surface area (Å²) in [5.74, 6) is 0.894. The molecule has 104 valence electrons. The van der Waals surface area contributed by atoms with Crippen molar-refractivity contribution in [2.24, 2.45) is 0 Å². The summed E-state index contributed by atoms with van der Waals surface area (Å²) >= 11 is 0. The minimum atomic E-state index is -0.842. The van der Waals surface area contributed by atoms with E-state index in [1.165, 1.54) is 4.90 Å². The fourth-order valence-electron chi connectivity index (χ4n) is 2.20. The van der Waals surface area contributed by atoms with Crippen LogP contribution in [0.3, 0.4) is 0 Å². The van der Waals surface area contributed by atoms with Crippen molar-refractivity contribution in [3.05, 3.63) is 17.8 Å². The molecule has 1 aliphatic rings. The summed E-state index contributed by atoms with van der Waals surface area (Å²) in [6, 6.07) is -0.349. The van der Waals surface area contributed by atoms with Crippen molar-refractivity contribution in [1.82, 2.24) is 15.2 Å². The Balaban J connectivity index is 2.28. The topological polar surface area (TPSA) is 75.4 Å². The van der Waals surface area contributed by atoms with Gasteiger partial charge >= 0.3 is 0 Å². The van der Waals surface area contributed by atoms with Gasteiger partial charge in [0.25, 0.3) is 0 Å². The van der Waals surface area contributed by atoms with Gasteiger partial charge < -0.3 is 14.6 Å². The second-order valence-corrected chi connectivity index (χ2v) is 5.15. The van der Waals surface area contributed by atoms with Crippen molar-refractivity contribution in [3.8, 4) is 0 Å². The first kappa shape index (κ1) is 13.6. The highest BCUT2D eigenvalue weighted by atomic mass is 16.4. The van der Waals surface area contributed by atoms with Crippen LogP contribution in [-0.4, -0.2) is 33.8 Å². The highest BCUT2D eigenvalue weighted by Gasteiger charge is 2.44. The SMILES string of the molecule is CCC1(C)NC(=O)CN(C(C)c2ncc(C)o2)C1=O. The van der Waals surface area contributed by atoms with Gasteiger partial charge in [-0.15, -0.1) is 0 Å². The summed E-state index contributed by atoms with van der Waals surface area (Å²) in [6.07, 6.45) is 2.16. The first-order valence-electron chi connectivity index (χ1n) is 6.42. The number of carbonyl (C=O) groups excluding carboxylic acids is 2. The van der Waals surface area contributed by atoms with Crippen LogP contribution >= 0.6 is 0 Å². The molecule has 0 aromatic carbocycles. The predicted octanol–water partition coefficient (Wildman–Crippen LogP) is 1.17. The smallest absolute Gasteiger partial charge is 0.249 e. The van der Waals surface area contributed by atoms with Gasteiger partial charge in [-0.05, 0) is 27.2 Å². The highest BCUT2D eigenvalue weighted by molar-refractivity contribution is 5.97. The third-order valence-electron chi connectivity index (χ3n) is 3.63. The minimum Gasteiger partial charge on any atom is -0.444 e. The normalized spacial score (nSPS) is 25.4. The second kappa shape index (κ2) is 4.68. The third kappa shape index (κ3) is 2.34. The summed E-state index contributed by atoms with van der Waals surface area (Å²) in [5, 5.41) is 2.75. The first-order valence-corrected chi connectivity index (χ1v) is 6.42. The minimum absolute atomic E-state index is 0.0387. The molecule has 2 heterocycles. The van der Waals surface area contributed by atoms with Crippen LogP contribution in [0.15, 0.2) is 10.6 Å². The molecule has 1 N–H and O–H groups in total. The van der Waals surface area contributed by atoms with Gasteiger partial charge in [0.2, 0.25) is 17.7 Å². The standard InChI is InChI=1S/C13H19N3O3/c1-5-13(4)12(18)16(7-10(17)15-13)9(3)11-14-6-8(2)19-11/h6,9H,5,7H2,1-4H3,(H,15,17). The summed E-state index contributed by atoms with van der Waals surface area (Å²) in [5.41, 5.74) is -0.842. The Kier molecular flexibility index (Phi) is 3.34. The third-order valence-corrected chi connectivity index (χ3v) is 3.63. The molecule has 0 saturated carbocycles. The van der Waals surface area contributed by atoms with Crippen LogP contribution in [0, 0.1) is 6.92 Å². The number of piperazine rings is 1. The van der Waals surface area contributed by atoms with Crippen LogP contribution in [-0.2, 0) is 9.59 Å². The molecular weight excluding hydrogens is 246 g/mol. The lowest BCUT2D eigenvalue weighted by molar-refractivity contribution is -0.152. The zero-order valence-corrected chi connectivity index (χ0v) is 11.7. The molecule has 2 unspecified atom stereocenters. The number of oxazole rings is 1. The summed E-state index contributed by atoms with van der Waals surface area (Å²) in [7, 11) is 0. The number of aromatic nitrogens is 1. The zero-order chi connectivity index (χ0) is 14.2. The largest absolute Gasteiger partial charge is 0.444 e. The highest BCUT2D eigenvalue weighted by Crippen LogP contribution is 2.26. The van der Waals surface area contributed by atoms with Crippen molar-refractivity contribution in [2.45, 2.75) is 45.7 Å². The molecule has 1 aliphatic heterocycles. The summed E-state index contributed by atoms with van der Waals surface area (Å²) in [6.45, 7) is 7.27. The lowest BCUT2D eigenvalue weighted by Gasteiger charge is -2.41. The number of amides is 2. The van der Waals surface area contributed by atoms with E-state index in [-0.39, 0.29) is 24.4 Å². The number of hydrogen-bond acceptors (Lipinski definition) is 4. The van der Waals surface area contributed by atoms with Gasteiger partial charge in [0, 0.05) is 0 Å². The average Bonchev–Trinajstić information content (AvgIpc) is 2.79. The van der Waals surface area contributed by atoms with E-state index < -0.39 is 5.54 Å². The lowest BCUT2D eigenvalue weighted by Crippen LogP contribution is -2.65. The first-order chi connectivity index (χ1) is 8.87. The predicted molar refractivity (Wildman–Crippen MR) is 68.2 cm³/mol. The number of hydrogen-bond donors (Lipinski definition) is 1. The fourth-order valence-corrected chi connectivity index (χ4v) is 2.20.